The van der Waals surface area contributed by atoms with Crippen LogP contribution in [0.2, 0.25) is 0 Å². The molecule has 0 N–H and O–H groups in total. The van der Waals surface area contributed by atoms with Crippen molar-refractivity contribution in [3.05, 3.63) is 105 Å². The molecule has 2 aromatic heterocycles. The van der Waals surface area contributed by atoms with Crippen LogP contribution in [0.15, 0.2) is 77.1 Å². The van der Waals surface area contributed by atoms with Crippen molar-refractivity contribution in [1.82, 2.24) is 18.7 Å². The topological polar surface area (TPSA) is 61.8 Å². The van der Waals surface area contributed by atoms with Crippen LogP contribution in [0.3, 0.4) is 0 Å². The van der Waals surface area contributed by atoms with Crippen molar-refractivity contribution in [2.45, 2.75) is 26.9 Å². The number of hydrogen-bond donors (Lipinski definition) is 0. The number of imidazole rings is 1. The second-order valence-corrected chi connectivity index (χ2v) is 7.13. The van der Waals surface area contributed by atoms with Gasteiger partial charge in [-0.05, 0) is 37.1 Å². The van der Waals surface area contributed by atoms with Crippen molar-refractivity contribution >= 4 is 11.2 Å². The number of hydrogen-bond acceptors (Lipinski definition) is 3. The molecule has 0 saturated heterocycles. The van der Waals surface area contributed by atoms with Gasteiger partial charge < -0.3 is 4.57 Å². The van der Waals surface area contributed by atoms with Gasteiger partial charge in [0, 0.05) is 13.1 Å². The van der Waals surface area contributed by atoms with E-state index in [-0.39, 0.29) is 12.1 Å². The van der Waals surface area contributed by atoms with Gasteiger partial charge in [0.1, 0.15) is 0 Å². The van der Waals surface area contributed by atoms with Gasteiger partial charge in [-0.2, -0.15) is 0 Å². The second kappa shape index (κ2) is 7.39. The smallest absolute Gasteiger partial charge is 0.320 e. The molecule has 0 radical (unpaired) electrons. The van der Waals surface area contributed by atoms with Gasteiger partial charge in [0.2, 0.25) is 0 Å². The van der Waals surface area contributed by atoms with E-state index in [1.807, 2.05) is 66.9 Å². The van der Waals surface area contributed by atoms with Crippen LogP contribution in [0, 0.1) is 13.8 Å². The van der Waals surface area contributed by atoms with E-state index in [4.69, 9.17) is 0 Å². The number of rotatable bonds is 5. The molecule has 0 aliphatic rings. The van der Waals surface area contributed by atoms with Crippen molar-refractivity contribution in [1.29, 1.82) is 0 Å². The fourth-order valence-electron chi connectivity index (χ4n) is 3.49. The Morgan fingerprint density at radius 3 is 2.45 bits per heavy atom. The Bertz CT molecular complexity index is 1320. The summed E-state index contributed by atoms with van der Waals surface area (Å²) in [7, 11) is 0. The lowest BCUT2D eigenvalue weighted by Crippen LogP contribution is -2.39. The van der Waals surface area contributed by atoms with Gasteiger partial charge in [-0.3, -0.25) is 9.36 Å². The van der Waals surface area contributed by atoms with Crippen molar-refractivity contribution in [3.8, 4) is 5.69 Å². The van der Waals surface area contributed by atoms with Gasteiger partial charge in [0.05, 0.1) is 12.0 Å². The first-order valence-corrected chi connectivity index (χ1v) is 9.44. The summed E-state index contributed by atoms with van der Waals surface area (Å²) in [6.45, 7) is 8.34. The predicted molar refractivity (Wildman–Crippen MR) is 115 cm³/mol. The summed E-state index contributed by atoms with van der Waals surface area (Å²) in [5, 5.41) is 0. The van der Waals surface area contributed by atoms with E-state index in [1.54, 1.807) is 12.4 Å². The van der Waals surface area contributed by atoms with Crippen LogP contribution in [0.5, 0.6) is 0 Å². The van der Waals surface area contributed by atoms with Gasteiger partial charge in [-0.25, -0.2) is 14.3 Å². The minimum atomic E-state index is -0.424. The summed E-state index contributed by atoms with van der Waals surface area (Å²) in [6, 6.07) is 15.6. The Balaban J connectivity index is 2.01. The first kappa shape index (κ1) is 18.7. The highest BCUT2D eigenvalue weighted by Gasteiger charge is 2.19. The van der Waals surface area contributed by atoms with E-state index < -0.39 is 5.69 Å². The van der Waals surface area contributed by atoms with Gasteiger partial charge in [-0.15, -0.1) is 6.58 Å². The molecule has 2 aromatic carbocycles. The molecular formula is C23H22N4O2. The molecule has 29 heavy (non-hydrogen) atoms. The third-order valence-corrected chi connectivity index (χ3v) is 5.11. The van der Waals surface area contributed by atoms with E-state index in [9.17, 15) is 9.59 Å². The largest absolute Gasteiger partial charge is 0.337 e. The van der Waals surface area contributed by atoms with E-state index in [1.165, 1.54) is 9.13 Å². The molecule has 0 aliphatic carbocycles. The molecule has 0 atom stereocenters. The summed E-state index contributed by atoms with van der Waals surface area (Å²) < 4.78 is 4.50. The van der Waals surface area contributed by atoms with Gasteiger partial charge in [0.15, 0.2) is 11.2 Å². The van der Waals surface area contributed by atoms with Crippen molar-refractivity contribution in [2.75, 3.05) is 0 Å². The highest BCUT2D eigenvalue weighted by atomic mass is 16.2. The number of benzene rings is 2. The maximum atomic E-state index is 13.2. The highest BCUT2D eigenvalue weighted by Crippen LogP contribution is 2.16. The van der Waals surface area contributed by atoms with Crippen LogP contribution in [-0.2, 0) is 13.1 Å². The second-order valence-electron chi connectivity index (χ2n) is 7.13. The molecule has 2 heterocycles. The third-order valence-electron chi connectivity index (χ3n) is 5.11. The molecule has 0 fully saturated rings. The highest BCUT2D eigenvalue weighted by molar-refractivity contribution is 5.72. The van der Waals surface area contributed by atoms with Gasteiger partial charge in [-0.1, -0.05) is 48.0 Å². The van der Waals surface area contributed by atoms with E-state index >= 15 is 0 Å². The van der Waals surface area contributed by atoms with Crippen LogP contribution < -0.4 is 11.2 Å². The number of nitrogens with zero attached hydrogens (tertiary/aromatic N) is 4. The monoisotopic (exact) mass is 386 g/mol. The summed E-state index contributed by atoms with van der Waals surface area (Å²) >= 11 is 0. The lowest BCUT2D eigenvalue weighted by Gasteiger charge is -2.12. The van der Waals surface area contributed by atoms with Crippen LogP contribution in [-0.4, -0.2) is 18.7 Å². The standard InChI is InChI=1S/C23H22N4O2/c1-4-13-26-22(28)20-21(27(23(26)29)19-11-9-16(2)10-12-19)24-15-25(20)14-18-8-6-5-7-17(18)3/h4-12,15H,1,13-14H2,2-3H3. The number of allylic oxidation sites excluding steroid dienone is 1. The van der Waals surface area contributed by atoms with Crippen LogP contribution in [0.4, 0.5) is 0 Å². The molecule has 4 rings (SSSR count). The zero-order chi connectivity index (χ0) is 20.5. The Kier molecular flexibility index (Phi) is 4.76. The Hall–Kier alpha value is -3.67. The molecule has 0 amide bonds. The van der Waals surface area contributed by atoms with Crippen molar-refractivity contribution < 1.29 is 0 Å². The summed E-state index contributed by atoms with van der Waals surface area (Å²) in [6.07, 6.45) is 3.18. The molecule has 0 saturated carbocycles. The normalized spacial score (nSPS) is 11.1. The maximum absolute atomic E-state index is 13.2. The van der Waals surface area contributed by atoms with E-state index in [2.05, 4.69) is 11.6 Å². The summed E-state index contributed by atoms with van der Waals surface area (Å²) in [5.41, 5.74) is 3.95. The zero-order valence-electron chi connectivity index (χ0n) is 16.5. The maximum Gasteiger partial charge on any atom is 0.337 e. The summed E-state index contributed by atoms with van der Waals surface area (Å²) in [4.78, 5) is 30.8. The average molecular weight is 386 g/mol. The van der Waals surface area contributed by atoms with Gasteiger partial charge >= 0.3 is 5.69 Å². The average Bonchev–Trinajstić information content (AvgIpc) is 3.12. The van der Waals surface area contributed by atoms with Crippen LogP contribution in [0.1, 0.15) is 16.7 Å². The molecule has 6 nitrogen and oxygen atoms in total. The SMILES string of the molecule is C=CCn1c(=O)c2c(ncn2Cc2ccccc2C)n(-c2ccc(C)cc2)c1=O. The summed E-state index contributed by atoms with van der Waals surface area (Å²) in [5.74, 6) is 0. The Morgan fingerprint density at radius 2 is 1.76 bits per heavy atom. The number of aryl methyl sites for hydroxylation is 2. The molecule has 0 aliphatic heterocycles. The lowest BCUT2D eigenvalue weighted by molar-refractivity contribution is 0.690. The molecule has 4 aromatic rings. The van der Waals surface area contributed by atoms with Crippen molar-refractivity contribution in [3.63, 3.8) is 0 Å². The van der Waals surface area contributed by atoms with E-state index in [0.29, 0.717) is 23.4 Å². The molecule has 146 valence electrons. The molecule has 0 bridgehead atoms. The minimum Gasteiger partial charge on any atom is -0.320 e. The molecule has 0 unspecified atom stereocenters. The Morgan fingerprint density at radius 1 is 1.03 bits per heavy atom. The Labute approximate surface area is 168 Å². The van der Waals surface area contributed by atoms with Crippen LogP contribution in [0.25, 0.3) is 16.9 Å². The first-order chi connectivity index (χ1) is 14.0. The molecule has 0 spiro atoms. The first-order valence-electron chi connectivity index (χ1n) is 9.44. The van der Waals surface area contributed by atoms with Crippen LogP contribution >= 0.6 is 0 Å². The number of fused-ring (bicyclic) bond motifs is 1. The third kappa shape index (κ3) is 3.23. The molecule has 6 heteroatoms. The molecular weight excluding hydrogens is 364 g/mol. The predicted octanol–water partition coefficient (Wildman–Crippen LogP) is 3.20. The fraction of sp³-hybridized carbons (Fsp3) is 0.174. The van der Waals surface area contributed by atoms with Crippen molar-refractivity contribution in [2.24, 2.45) is 0 Å². The van der Waals surface area contributed by atoms with E-state index in [0.717, 1.165) is 16.7 Å². The number of aromatic nitrogens is 4. The van der Waals surface area contributed by atoms with Gasteiger partial charge in [0.25, 0.3) is 5.56 Å². The lowest BCUT2D eigenvalue weighted by atomic mass is 10.1. The zero-order valence-corrected chi connectivity index (χ0v) is 16.5. The minimum absolute atomic E-state index is 0.134. The fourth-order valence-corrected chi connectivity index (χ4v) is 3.49. The quantitative estimate of drug-likeness (QED) is 0.495.